The van der Waals surface area contributed by atoms with Crippen LogP contribution in [-0.4, -0.2) is 29.9 Å². The largest absolute Gasteiger partial charge is 0.289 e. The molecule has 0 atom stereocenters. The van der Waals surface area contributed by atoms with E-state index in [9.17, 15) is 4.79 Å². The van der Waals surface area contributed by atoms with Crippen LogP contribution in [0, 0.1) is 0 Å². The van der Waals surface area contributed by atoms with Crippen LogP contribution in [0.1, 0.15) is 39.0 Å². The summed E-state index contributed by atoms with van der Waals surface area (Å²) >= 11 is 0. The van der Waals surface area contributed by atoms with Gasteiger partial charge in [0.1, 0.15) is 0 Å². The van der Waals surface area contributed by atoms with Gasteiger partial charge < -0.3 is 0 Å². The average molecular weight is 194 g/mol. The fourth-order valence-corrected chi connectivity index (χ4v) is 2.87. The summed E-state index contributed by atoms with van der Waals surface area (Å²) < 4.78 is 0.985. The first-order valence-corrected chi connectivity index (χ1v) is 5.88. The van der Waals surface area contributed by atoms with Crippen molar-refractivity contribution in [1.82, 2.24) is 0 Å². The maximum Gasteiger partial charge on any atom is 0.215 e. The van der Waals surface area contributed by atoms with Crippen LogP contribution in [0.4, 0.5) is 0 Å². The van der Waals surface area contributed by atoms with E-state index < -0.39 is 0 Å². The Morgan fingerprint density at radius 3 is 2.57 bits per heavy atom. The van der Waals surface area contributed by atoms with E-state index in [0.29, 0.717) is 5.78 Å². The second-order valence-corrected chi connectivity index (χ2v) is 4.52. The zero-order valence-electron chi connectivity index (χ0n) is 9.09. The number of carbonyl (C=O) groups excluding carboxylic acids is 1. The average Bonchev–Trinajstić information content (AvgIpc) is 2.68. The van der Waals surface area contributed by atoms with E-state index >= 15 is 0 Å². The van der Waals surface area contributed by atoms with E-state index in [1.54, 1.807) is 0 Å². The van der Waals surface area contributed by atoms with E-state index in [2.05, 4.69) is 13.0 Å². The standard InChI is InChI=1S/C12H20NO/c1-2-13(9-5-6-10-13)11-7-3-4-8-12(11)14/h7H,2-6,8-10H2,1H3/q+1. The fraction of sp³-hybridized carbons (Fsp3) is 0.750. The highest BCUT2D eigenvalue weighted by atomic mass is 16.1. The molecule has 14 heavy (non-hydrogen) atoms. The van der Waals surface area contributed by atoms with Gasteiger partial charge in [-0.1, -0.05) is 0 Å². The number of likely N-dealkylation sites (N-methyl/N-ethyl adjacent to an activating group) is 1. The topological polar surface area (TPSA) is 17.1 Å². The van der Waals surface area contributed by atoms with Gasteiger partial charge in [-0.15, -0.1) is 0 Å². The van der Waals surface area contributed by atoms with E-state index in [1.807, 2.05) is 0 Å². The van der Waals surface area contributed by atoms with Gasteiger partial charge in [-0.2, -0.15) is 0 Å². The van der Waals surface area contributed by atoms with Crippen molar-refractivity contribution in [1.29, 1.82) is 0 Å². The quantitative estimate of drug-likeness (QED) is 0.616. The number of hydrogen-bond donors (Lipinski definition) is 0. The Hall–Kier alpha value is -0.630. The van der Waals surface area contributed by atoms with Gasteiger partial charge in [0, 0.05) is 19.3 Å². The number of Topliss-reactive ketones (excluding diaryl/α,β-unsaturated/α-hetero) is 1. The lowest BCUT2D eigenvalue weighted by atomic mass is 10.0. The summed E-state index contributed by atoms with van der Waals surface area (Å²) in [4.78, 5) is 11.9. The SMILES string of the molecule is CC[N+]1(C2=CCCCC2=O)CCCC1. The molecule has 1 heterocycles. The summed E-state index contributed by atoms with van der Waals surface area (Å²) in [6, 6.07) is 0. The van der Waals surface area contributed by atoms with Crippen LogP contribution in [0.15, 0.2) is 11.8 Å². The van der Waals surface area contributed by atoms with E-state index in [0.717, 1.165) is 36.0 Å². The molecule has 0 radical (unpaired) electrons. The smallest absolute Gasteiger partial charge is 0.215 e. The van der Waals surface area contributed by atoms with Crippen molar-refractivity contribution >= 4 is 5.78 Å². The van der Waals surface area contributed by atoms with Crippen molar-refractivity contribution in [3.8, 4) is 0 Å². The molecule has 1 aliphatic heterocycles. The molecular formula is C12H20NO+. The van der Waals surface area contributed by atoms with Crippen molar-refractivity contribution in [3.63, 3.8) is 0 Å². The molecular weight excluding hydrogens is 174 g/mol. The number of ketones is 1. The maximum absolute atomic E-state index is 11.9. The lowest BCUT2D eigenvalue weighted by Crippen LogP contribution is -2.47. The van der Waals surface area contributed by atoms with E-state index in [4.69, 9.17) is 0 Å². The van der Waals surface area contributed by atoms with E-state index in [1.165, 1.54) is 25.9 Å². The Morgan fingerprint density at radius 1 is 1.29 bits per heavy atom. The van der Waals surface area contributed by atoms with Crippen LogP contribution in [0.5, 0.6) is 0 Å². The predicted molar refractivity (Wildman–Crippen MR) is 56.7 cm³/mol. The van der Waals surface area contributed by atoms with Crippen LogP contribution in [0.3, 0.4) is 0 Å². The first-order chi connectivity index (χ1) is 6.78. The van der Waals surface area contributed by atoms with Gasteiger partial charge in [0.2, 0.25) is 5.78 Å². The molecule has 0 N–H and O–H groups in total. The van der Waals surface area contributed by atoms with Gasteiger partial charge in [0.15, 0.2) is 5.70 Å². The summed E-state index contributed by atoms with van der Waals surface area (Å²) in [5, 5.41) is 0. The third kappa shape index (κ3) is 1.52. The van der Waals surface area contributed by atoms with Crippen LogP contribution >= 0.6 is 0 Å². The molecule has 0 spiro atoms. The molecule has 1 fully saturated rings. The molecule has 2 heteroatoms. The Bertz CT molecular complexity index is 261. The molecule has 0 bridgehead atoms. The van der Waals surface area contributed by atoms with Gasteiger partial charge in [-0.05, 0) is 25.8 Å². The highest BCUT2D eigenvalue weighted by Crippen LogP contribution is 2.30. The fourth-order valence-electron chi connectivity index (χ4n) is 2.87. The summed E-state index contributed by atoms with van der Waals surface area (Å²) in [6.07, 6.45) is 7.75. The molecule has 2 nitrogen and oxygen atoms in total. The maximum atomic E-state index is 11.9. The number of carbonyl (C=O) groups is 1. The van der Waals surface area contributed by atoms with Gasteiger partial charge >= 0.3 is 0 Å². The van der Waals surface area contributed by atoms with Gasteiger partial charge in [-0.3, -0.25) is 9.28 Å². The zero-order chi connectivity index (χ0) is 10.0. The van der Waals surface area contributed by atoms with E-state index in [-0.39, 0.29) is 0 Å². The Kier molecular flexibility index (Phi) is 2.73. The number of allylic oxidation sites excluding steroid dienone is 2. The van der Waals surface area contributed by atoms with Crippen molar-refractivity contribution in [3.05, 3.63) is 11.8 Å². The number of likely N-dealkylation sites (tertiary alicyclic amines) is 1. The van der Waals surface area contributed by atoms with Gasteiger partial charge in [0.05, 0.1) is 19.6 Å². The van der Waals surface area contributed by atoms with Crippen LogP contribution in [0.25, 0.3) is 0 Å². The zero-order valence-corrected chi connectivity index (χ0v) is 9.09. The lowest BCUT2D eigenvalue weighted by molar-refractivity contribution is -0.874. The first-order valence-electron chi connectivity index (χ1n) is 5.88. The second-order valence-electron chi connectivity index (χ2n) is 4.52. The summed E-state index contributed by atoms with van der Waals surface area (Å²) in [7, 11) is 0. The minimum atomic E-state index is 0.417. The van der Waals surface area contributed by atoms with Gasteiger partial charge in [-0.25, -0.2) is 0 Å². The third-order valence-electron chi connectivity index (χ3n) is 3.77. The molecule has 0 aromatic heterocycles. The molecule has 78 valence electrons. The van der Waals surface area contributed by atoms with Crippen molar-refractivity contribution < 1.29 is 9.28 Å². The summed E-state index contributed by atoms with van der Waals surface area (Å²) in [6.45, 7) is 5.69. The van der Waals surface area contributed by atoms with Crippen molar-refractivity contribution in [2.75, 3.05) is 19.6 Å². The molecule has 2 rings (SSSR count). The minimum absolute atomic E-state index is 0.417. The molecule has 0 aromatic rings. The second kappa shape index (κ2) is 3.85. The summed E-state index contributed by atoms with van der Waals surface area (Å²) in [5.74, 6) is 0.417. The molecule has 0 saturated carbocycles. The molecule has 1 aliphatic carbocycles. The van der Waals surface area contributed by atoms with Gasteiger partial charge in [0.25, 0.3) is 0 Å². The molecule has 0 amide bonds. The molecule has 1 saturated heterocycles. The highest BCUT2D eigenvalue weighted by molar-refractivity contribution is 5.93. The highest BCUT2D eigenvalue weighted by Gasteiger charge is 2.38. The minimum Gasteiger partial charge on any atom is -0.289 e. The Balaban J connectivity index is 2.26. The van der Waals surface area contributed by atoms with Crippen molar-refractivity contribution in [2.45, 2.75) is 39.0 Å². The predicted octanol–water partition coefficient (Wildman–Crippen LogP) is 2.25. The normalized spacial score (nSPS) is 26.4. The number of nitrogens with zero attached hydrogens (tertiary/aromatic N) is 1. The molecule has 2 aliphatic rings. The van der Waals surface area contributed by atoms with Crippen LogP contribution in [0.2, 0.25) is 0 Å². The molecule has 0 unspecified atom stereocenters. The first kappa shape index (κ1) is 9.91. The van der Waals surface area contributed by atoms with Crippen molar-refractivity contribution in [2.24, 2.45) is 0 Å². The molecule has 0 aromatic carbocycles. The number of rotatable bonds is 2. The van der Waals surface area contributed by atoms with Crippen LogP contribution < -0.4 is 0 Å². The third-order valence-corrected chi connectivity index (χ3v) is 3.77. The Morgan fingerprint density at radius 2 is 2.00 bits per heavy atom. The number of hydrogen-bond acceptors (Lipinski definition) is 1. The lowest BCUT2D eigenvalue weighted by Gasteiger charge is -2.35. The number of quaternary nitrogens is 1. The summed E-state index contributed by atoms with van der Waals surface area (Å²) in [5.41, 5.74) is 1.14. The monoisotopic (exact) mass is 194 g/mol. The Labute approximate surface area is 86.2 Å². The van der Waals surface area contributed by atoms with Crippen LogP contribution in [-0.2, 0) is 4.79 Å².